The maximum atomic E-state index is 14.1. The molecule has 2 aliphatic rings. The Labute approximate surface area is 175 Å². The summed E-state index contributed by atoms with van der Waals surface area (Å²) in [6, 6.07) is 3.04. The van der Waals surface area contributed by atoms with Crippen molar-refractivity contribution >= 4 is 22.4 Å². The first-order valence-electron chi connectivity index (χ1n) is 9.71. The average Bonchev–Trinajstić information content (AvgIpc) is 2.69. The van der Waals surface area contributed by atoms with Gasteiger partial charge >= 0.3 is 0 Å². The van der Waals surface area contributed by atoms with Crippen LogP contribution in [0.3, 0.4) is 0 Å². The molecule has 0 aliphatic carbocycles. The second-order valence-electron chi connectivity index (χ2n) is 7.39. The van der Waals surface area contributed by atoms with E-state index in [0.717, 1.165) is 44.3 Å². The van der Waals surface area contributed by atoms with Gasteiger partial charge in [-0.05, 0) is 44.0 Å². The van der Waals surface area contributed by atoms with E-state index < -0.39 is 21.7 Å². The number of morpholine rings is 1. The van der Waals surface area contributed by atoms with Crippen LogP contribution in [0.2, 0.25) is 0 Å². The number of likely N-dealkylation sites (tertiary alicyclic amines) is 1. The molecular weight excluding hydrogens is 417 g/mol. The number of carboxylic acid groups (broad SMARTS) is 1. The molecule has 0 radical (unpaired) electrons. The van der Waals surface area contributed by atoms with E-state index in [0.29, 0.717) is 32.5 Å². The van der Waals surface area contributed by atoms with Crippen LogP contribution in [0.1, 0.15) is 36.5 Å². The summed E-state index contributed by atoms with van der Waals surface area (Å²) < 4.78 is 43.2. The Hall–Kier alpha value is -2.08. The fourth-order valence-electron chi connectivity index (χ4n) is 3.87. The van der Waals surface area contributed by atoms with Gasteiger partial charge in [-0.3, -0.25) is 14.5 Å². The molecule has 0 bridgehead atoms. The highest BCUT2D eigenvalue weighted by Crippen LogP contribution is 2.31. The summed E-state index contributed by atoms with van der Waals surface area (Å²) >= 11 is 0. The predicted octanol–water partition coefficient (Wildman–Crippen LogP) is 0.891. The van der Waals surface area contributed by atoms with Crippen LogP contribution in [0.15, 0.2) is 23.1 Å². The van der Waals surface area contributed by atoms with Gasteiger partial charge in [0.25, 0.3) is 12.4 Å². The van der Waals surface area contributed by atoms with E-state index in [-0.39, 0.29) is 22.5 Å². The van der Waals surface area contributed by atoms with Gasteiger partial charge in [0.2, 0.25) is 10.0 Å². The summed E-state index contributed by atoms with van der Waals surface area (Å²) in [4.78, 5) is 24.8. The van der Waals surface area contributed by atoms with E-state index in [2.05, 4.69) is 11.8 Å². The maximum Gasteiger partial charge on any atom is 0.290 e. The highest BCUT2D eigenvalue weighted by Gasteiger charge is 2.40. The van der Waals surface area contributed by atoms with E-state index >= 15 is 0 Å². The second-order valence-corrected chi connectivity index (χ2v) is 8.95. The summed E-state index contributed by atoms with van der Waals surface area (Å²) in [5.74, 6) is -1.27. The molecule has 2 heterocycles. The smallest absolute Gasteiger partial charge is 0.290 e. The Morgan fingerprint density at radius 3 is 2.53 bits per heavy atom. The van der Waals surface area contributed by atoms with Crippen LogP contribution < -0.4 is 5.14 Å². The monoisotopic (exact) mass is 445 g/mol. The highest BCUT2D eigenvalue weighted by atomic mass is 32.2. The number of halogens is 1. The van der Waals surface area contributed by atoms with Crippen molar-refractivity contribution in [2.24, 2.45) is 5.14 Å². The number of hydrogen-bond acceptors (Lipinski definition) is 6. The molecule has 30 heavy (non-hydrogen) atoms. The lowest BCUT2D eigenvalue weighted by Gasteiger charge is -2.47. The molecule has 1 aromatic rings. The minimum Gasteiger partial charge on any atom is -0.483 e. The molecule has 0 unspecified atom stereocenters. The normalized spacial score (nSPS) is 19.1. The van der Waals surface area contributed by atoms with E-state index in [4.69, 9.17) is 19.8 Å². The minimum atomic E-state index is -4.00. The number of piperidine rings is 1. The maximum absolute atomic E-state index is 14.1. The van der Waals surface area contributed by atoms with Crippen LogP contribution in [0.4, 0.5) is 4.39 Å². The molecule has 0 saturated carbocycles. The van der Waals surface area contributed by atoms with Gasteiger partial charge in [-0.25, -0.2) is 17.9 Å². The molecule has 9 nitrogen and oxygen atoms in total. The van der Waals surface area contributed by atoms with Gasteiger partial charge in [-0.15, -0.1) is 0 Å². The van der Waals surface area contributed by atoms with Gasteiger partial charge in [0.05, 0.1) is 22.7 Å². The van der Waals surface area contributed by atoms with Gasteiger partial charge in [0, 0.05) is 26.2 Å². The zero-order valence-electron chi connectivity index (χ0n) is 16.9. The molecule has 0 aromatic heterocycles. The van der Waals surface area contributed by atoms with Gasteiger partial charge in [0.1, 0.15) is 5.82 Å². The van der Waals surface area contributed by atoms with Crippen LogP contribution in [0, 0.1) is 5.82 Å². The highest BCUT2D eigenvalue weighted by molar-refractivity contribution is 7.89. The number of carbonyl (C=O) groups is 2. The number of ether oxygens (including phenoxy) is 1. The first-order chi connectivity index (χ1) is 14.2. The molecule has 2 saturated heterocycles. The fourth-order valence-corrected chi connectivity index (χ4v) is 4.41. The molecule has 1 aromatic carbocycles. The third kappa shape index (κ3) is 5.97. The molecular formula is C19H28FN3O6S. The van der Waals surface area contributed by atoms with Crippen LogP contribution in [-0.4, -0.2) is 80.6 Å². The first-order valence-corrected chi connectivity index (χ1v) is 11.3. The van der Waals surface area contributed by atoms with Crippen molar-refractivity contribution in [1.29, 1.82) is 0 Å². The van der Waals surface area contributed by atoms with Crippen molar-refractivity contribution in [2.45, 2.75) is 36.7 Å². The van der Waals surface area contributed by atoms with Crippen molar-refractivity contribution in [3.63, 3.8) is 0 Å². The Balaban J connectivity index is 0.00000101. The van der Waals surface area contributed by atoms with Crippen LogP contribution in [-0.2, 0) is 19.6 Å². The molecule has 11 heteroatoms. The average molecular weight is 446 g/mol. The fraction of sp³-hybridized carbons (Fsp3) is 0.579. The second kappa shape index (κ2) is 10.3. The number of amides is 1. The molecule has 3 rings (SSSR count). The summed E-state index contributed by atoms with van der Waals surface area (Å²) in [5, 5.41) is 12.0. The zero-order valence-corrected chi connectivity index (χ0v) is 17.7. The molecule has 168 valence electrons. The topological polar surface area (TPSA) is 130 Å². The van der Waals surface area contributed by atoms with E-state index in [1.54, 1.807) is 4.90 Å². The van der Waals surface area contributed by atoms with Crippen molar-refractivity contribution in [2.75, 3.05) is 39.3 Å². The lowest BCUT2D eigenvalue weighted by Crippen LogP contribution is -2.57. The molecule has 2 aliphatic heterocycles. The van der Waals surface area contributed by atoms with E-state index in [1.165, 1.54) is 0 Å². The minimum absolute atomic E-state index is 0.250. The number of sulfonamides is 1. The van der Waals surface area contributed by atoms with Gasteiger partial charge in [0.15, 0.2) is 0 Å². The number of hydrogen-bond donors (Lipinski definition) is 2. The first kappa shape index (κ1) is 24.2. The number of nitrogens with zero attached hydrogens (tertiary/aromatic N) is 2. The van der Waals surface area contributed by atoms with E-state index in [1.807, 2.05) is 0 Å². The van der Waals surface area contributed by atoms with Gasteiger partial charge in [-0.2, -0.15) is 0 Å². The lowest BCUT2D eigenvalue weighted by atomic mass is 9.89. The Bertz CT molecular complexity index is 854. The predicted molar refractivity (Wildman–Crippen MR) is 107 cm³/mol. The van der Waals surface area contributed by atoms with Crippen molar-refractivity contribution in [3.05, 3.63) is 29.6 Å². The standard InChI is InChI=1S/C18H26FN3O4S.CH2O2/c1-2-7-21-10-11-26-18(13-21)5-8-22(9-6-18)17(23)15-12-14(27(20,24)25)3-4-16(15)19;2-1-3/h3-4,12H,2,5-11,13H2,1H3,(H2,20,24,25);1H,(H,2,3). The molecule has 2 fully saturated rings. The molecule has 3 N–H and O–H groups in total. The Kier molecular flexibility index (Phi) is 8.30. The van der Waals surface area contributed by atoms with Crippen LogP contribution in [0.5, 0.6) is 0 Å². The third-order valence-electron chi connectivity index (χ3n) is 5.33. The Morgan fingerprint density at radius 1 is 1.33 bits per heavy atom. The number of benzene rings is 1. The van der Waals surface area contributed by atoms with Crippen LogP contribution >= 0.6 is 0 Å². The Morgan fingerprint density at radius 2 is 1.97 bits per heavy atom. The SMILES string of the molecule is CCCN1CCOC2(CCN(C(=O)c3cc(S(N)(=O)=O)ccc3F)CC2)C1.O=CO. The molecule has 1 amide bonds. The third-order valence-corrected chi connectivity index (χ3v) is 6.24. The number of primary sulfonamides is 1. The zero-order chi connectivity index (χ0) is 22.4. The van der Waals surface area contributed by atoms with Gasteiger partial charge in [-0.1, -0.05) is 6.92 Å². The summed E-state index contributed by atoms with van der Waals surface area (Å²) in [6.07, 6.45) is 2.44. The summed E-state index contributed by atoms with van der Waals surface area (Å²) in [5.41, 5.74) is -0.528. The quantitative estimate of drug-likeness (QED) is 0.658. The molecule has 1 spiro atoms. The van der Waals surface area contributed by atoms with Crippen molar-refractivity contribution < 1.29 is 32.2 Å². The summed E-state index contributed by atoms with van der Waals surface area (Å²) in [7, 11) is -4.00. The summed E-state index contributed by atoms with van der Waals surface area (Å²) in [6.45, 7) is 6.25. The van der Waals surface area contributed by atoms with Crippen molar-refractivity contribution in [1.82, 2.24) is 9.80 Å². The molecule has 0 atom stereocenters. The number of rotatable bonds is 4. The van der Waals surface area contributed by atoms with Crippen LogP contribution in [0.25, 0.3) is 0 Å². The number of carbonyl (C=O) groups excluding carboxylic acids is 1. The number of nitrogens with two attached hydrogens (primary N) is 1. The largest absolute Gasteiger partial charge is 0.483 e. The lowest BCUT2D eigenvalue weighted by molar-refractivity contribution is -0.132. The van der Waals surface area contributed by atoms with Crippen molar-refractivity contribution in [3.8, 4) is 0 Å². The van der Waals surface area contributed by atoms with E-state index in [9.17, 15) is 17.6 Å². The van der Waals surface area contributed by atoms with Gasteiger partial charge < -0.3 is 14.7 Å².